The van der Waals surface area contributed by atoms with Crippen LogP contribution in [0.1, 0.15) is 74.6 Å². The molecule has 0 saturated carbocycles. The fraction of sp³-hybridized carbons (Fsp3) is 0.591. The maximum Gasteiger partial charge on any atom is 0.251 e. The molecule has 2 rings (SSSR count). The van der Waals surface area contributed by atoms with Gasteiger partial charge in [0.25, 0.3) is 11.8 Å². The lowest BCUT2D eigenvalue weighted by Crippen LogP contribution is -2.46. The molecular formula is C22H33N3O3. The molecule has 0 unspecified atom stereocenters. The van der Waals surface area contributed by atoms with Crippen molar-refractivity contribution in [2.45, 2.75) is 65.5 Å². The van der Waals surface area contributed by atoms with Crippen LogP contribution in [0.2, 0.25) is 0 Å². The van der Waals surface area contributed by atoms with Crippen LogP contribution in [0.5, 0.6) is 0 Å². The molecule has 1 aliphatic heterocycles. The van der Waals surface area contributed by atoms with Crippen molar-refractivity contribution < 1.29 is 14.4 Å². The van der Waals surface area contributed by atoms with Crippen molar-refractivity contribution >= 4 is 17.7 Å². The van der Waals surface area contributed by atoms with Gasteiger partial charge in [0, 0.05) is 42.2 Å². The predicted molar refractivity (Wildman–Crippen MR) is 110 cm³/mol. The first-order chi connectivity index (χ1) is 13.0. The quantitative estimate of drug-likeness (QED) is 0.815. The van der Waals surface area contributed by atoms with Crippen LogP contribution in [-0.2, 0) is 4.79 Å². The summed E-state index contributed by atoms with van der Waals surface area (Å²) >= 11 is 0. The second kappa shape index (κ2) is 9.22. The van der Waals surface area contributed by atoms with Crippen molar-refractivity contribution in [3.05, 3.63) is 35.4 Å². The summed E-state index contributed by atoms with van der Waals surface area (Å²) in [5, 5.41) is 5.95. The maximum atomic E-state index is 12.5. The van der Waals surface area contributed by atoms with Gasteiger partial charge in [-0.3, -0.25) is 14.4 Å². The van der Waals surface area contributed by atoms with Crippen molar-refractivity contribution in [3.63, 3.8) is 0 Å². The minimum Gasteiger partial charge on any atom is -0.349 e. The number of benzene rings is 1. The summed E-state index contributed by atoms with van der Waals surface area (Å²) in [6, 6.07) is 6.76. The third-order valence-electron chi connectivity index (χ3n) is 4.66. The lowest BCUT2D eigenvalue weighted by molar-refractivity contribution is -0.133. The van der Waals surface area contributed by atoms with Crippen molar-refractivity contribution in [2.24, 2.45) is 5.92 Å². The minimum absolute atomic E-state index is 0.0689. The molecule has 1 fully saturated rings. The van der Waals surface area contributed by atoms with Gasteiger partial charge in [0.15, 0.2) is 0 Å². The molecule has 6 heteroatoms. The molecule has 0 aromatic heterocycles. The zero-order valence-corrected chi connectivity index (χ0v) is 17.7. The van der Waals surface area contributed by atoms with Gasteiger partial charge in [-0.25, -0.2) is 0 Å². The summed E-state index contributed by atoms with van der Waals surface area (Å²) in [6.07, 6.45) is 2.11. The first-order valence-corrected chi connectivity index (χ1v) is 10.1. The molecule has 1 heterocycles. The number of carbonyl (C=O) groups is 3. The molecule has 0 bridgehead atoms. The van der Waals surface area contributed by atoms with Gasteiger partial charge >= 0.3 is 0 Å². The van der Waals surface area contributed by atoms with Crippen molar-refractivity contribution in [2.75, 3.05) is 13.1 Å². The Balaban J connectivity index is 1.85. The van der Waals surface area contributed by atoms with E-state index in [4.69, 9.17) is 0 Å². The van der Waals surface area contributed by atoms with Crippen LogP contribution in [0.3, 0.4) is 0 Å². The molecule has 3 amide bonds. The van der Waals surface area contributed by atoms with Gasteiger partial charge in [-0.1, -0.05) is 13.8 Å². The highest BCUT2D eigenvalue weighted by Gasteiger charge is 2.24. The lowest BCUT2D eigenvalue weighted by atomic mass is 10.0. The Morgan fingerprint density at radius 1 is 1.00 bits per heavy atom. The van der Waals surface area contributed by atoms with Crippen molar-refractivity contribution in [3.8, 4) is 0 Å². The molecule has 0 atom stereocenters. The van der Waals surface area contributed by atoms with Gasteiger partial charge in [0.2, 0.25) is 5.91 Å². The lowest BCUT2D eigenvalue weighted by Gasteiger charge is -2.32. The molecule has 1 aliphatic rings. The molecule has 1 aromatic rings. The number of piperidine rings is 1. The maximum absolute atomic E-state index is 12.5. The van der Waals surface area contributed by atoms with Crippen molar-refractivity contribution in [1.82, 2.24) is 15.5 Å². The van der Waals surface area contributed by atoms with E-state index in [0.29, 0.717) is 36.6 Å². The highest BCUT2D eigenvalue weighted by atomic mass is 16.2. The largest absolute Gasteiger partial charge is 0.349 e. The summed E-state index contributed by atoms with van der Waals surface area (Å²) in [6.45, 7) is 11.2. The van der Waals surface area contributed by atoms with Gasteiger partial charge in [0.05, 0.1) is 0 Å². The molecule has 1 aromatic carbocycles. The number of hydrogen-bond donors (Lipinski definition) is 2. The molecule has 0 radical (unpaired) electrons. The smallest absolute Gasteiger partial charge is 0.251 e. The minimum atomic E-state index is -0.307. The van der Waals surface area contributed by atoms with E-state index in [9.17, 15) is 14.4 Å². The van der Waals surface area contributed by atoms with Crippen LogP contribution < -0.4 is 10.6 Å². The molecule has 154 valence electrons. The SMILES string of the molecule is CC(C)CC(=O)N1CCC(NC(=O)c2ccc(C(=O)NC(C)(C)C)cc2)CC1. The topological polar surface area (TPSA) is 78.5 Å². The summed E-state index contributed by atoms with van der Waals surface area (Å²) < 4.78 is 0. The van der Waals surface area contributed by atoms with Gasteiger partial charge in [-0.2, -0.15) is 0 Å². The van der Waals surface area contributed by atoms with E-state index in [-0.39, 0.29) is 29.3 Å². The average Bonchev–Trinajstić information content (AvgIpc) is 2.60. The Morgan fingerprint density at radius 2 is 1.50 bits per heavy atom. The summed E-state index contributed by atoms with van der Waals surface area (Å²) in [5.41, 5.74) is 0.757. The molecule has 1 saturated heterocycles. The first kappa shape index (κ1) is 21.9. The van der Waals surface area contributed by atoms with Crippen LogP contribution in [0.4, 0.5) is 0 Å². The van der Waals surface area contributed by atoms with Crippen molar-refractivity contribution in [1.29, 1.82) is 0 Å². The number of nitrogens with one attached hydrogen (secondary N) is 2. The fourth-order valence-electron chi connectivity index (χ4n) is 3.21. The van der Waals surface area contributed by atoms with Gasteiger partial charge < -0.3 is 15.5 Å². The zero-order valence-electron chi connectivity index (χ0n) is 17.7. The van der Waals surface area contributed by atoms with E-state index in [0.717, 1.165) is 12.8 Å². The third-order valence-corrected chi connectivity index (χ3v) is 4.66. The zero-order chi connectivity index (χ0) is 20.9. The van der Waals surface area contributed by atoms with E-state index in [1.165, 1.54) is 0 Å². The number of amides is 3. The van der Waals surface area contributed by atoms with E-state index in [1.54, 1.807) is 24.3 Å². The van der Waals surface area contributed by atoms with Crippen LogP contribution in [-0.4, -0.2) is 47.3 Å². The molecule has 0 spiro atoms. The van der Waals surface area contributed by atoms with E-state index >= 15 is 0 Å². The monoisotopic (exact) mass is 387 g/mol. The van der Waals surface area contributed by atoms with Crippen LogP contribution in [0.25, 0.3) is 0 Å². The Bertz CT molecular complexity index is 697. The Morgan fingerprint density at radius 3 is 1.96 bits per heavy atom. The molecule has 6 nitrogen and oxygen atoms in total. The number of carbonyl (C=O) groups excluding carboxylic acids is 3. The van der Waals surface area contributed by atoms with Crippen LogP contribution in [0, 0.1) is 5.92 Å². The Labute approximate surface area is 168 Å². The standard InChI is InChI=1S/C22H33N3O3/c1-15(2)14-19(26)25-12-10-18(11-13-25)23-20(27)16-6-8-17(9-7-16)21(28)24-22(3,4)5/h6-9,15,18H,10-14H2,1-5H3,(H,23,27)(H,24,28). The van der Waals surface area contributed by atoms with Gasteiger partial charge in [-0.05, 0) is 63.8 Å². The first-order valence-electron chi connectivity index (χ1n) is 10.1. The number of likely N-dealkylation sites (tertiary alicyclic amines) is 1. The van der Waals surface area contributed by atoms with Crippen LogP contribution >= 0.6 is 0 Å². The number of rotatable bonds is 5. The average molecular weight is 388 g/mol. The highest BCUT2D eigenvalue weighted by molar-refractivity contribution is 5.98. The van der Waals surface area contributed by atoms with E-state index < -0.39 is 0 Å². The summed E-state index contributed by atoms with van der Waals surface area (Å²) in [7, 11) is 0. The van der Waals surface area contributed by atoms with E-state index in [2.05, 4.69) is 10.6 Å². The second-order valence-corrected chi connectivity index (χ2v) is 9.01. The second-order valence-electron chi connectivity index (χ2n) is 9.01. The van der Waals surface area contributed by atoms with Gasteiger partial charge in [0.1, 0.15) is 0 Å². The fourth-order valence-corrected chi connectivity index (χ4v) is 3.21. The number of nitrogens with zero attached hydrogens (tertiary/aromatic N) is 1. The predicted octanol–water partition coefficient (Wildman–Crippen LogP) is 2.98. The number of hydrogen-bond acceptors (Lipinski definition) is 3. The van der Waals surface area contributed by atoms with Crippen LogP contribution in [0.15, 0.2) is 24.3 Å². The molecule has 0 aliphatic carbocycles. The highest BCUT2D eigenvalue weighted by Crippen LogP contribution is 2.15. The molecule has 28 heavy (non-hydrogen) atoms. The Hall–Kier alpha value is -2.37. The summed E-state index contributed by atoms with van der Waals surface area (Å²) in [5.74, 6) is 0.259. The summed E-state index contributed by atoms with van der Waals surface area (Å²) in [4.78, 5) is 38.7. The molecule has 2 N–H and O–H groups in total. The van der Waals surface area contributed by atoms with E-state index in [1.807, 2.05) is 39.5 Å². The normalized spacial score (nSPS) is 15.4. The van der Waals surface area contributed by atoms with Gasteiger partial charge in [-0.15, -0.1) is 0 Å². The third kappa shape index (κ3) is 6.66. The molecular weight excluding hydrogens is 354 g/mol. The Kier molecular flexibility index (Phi) is 7.22.